The SMILES string of the molecule is CC1CN(Cc2ccccc2)CCN1Cc1ccccc1. The average Bonchev–Trinajstić information content (AvgIpc) is 2.52. The molecule has 21 heavy (non-hydrogen) atoms. The maximum atomic E-state index is 2.59. The molecule has 1 fully saturated rings. The molecule has 0 N–H and O–H groups in total. The topological polar surface area (TPSA) is 6.48 Å². The monoisotopic (exact) mass is 280 g/mol. The molecule has 2 nitrogen and oxygen atoms in total. The minimum atomic E-state index is 0.614. The van der Waals surface area contributed by atoms with Gasteiger partial charge in [-0.25, -0.2) is 0 Å². The van der Waals surface area contributed by atoms with Crippen molar-refractivity contribution in [3.8, 4) is 0 Å². The van der Waals surface area contributed by atoms with Crippen LogP contribution in [0.1, 0.15) is 18.1 Å². The molecule has 1 aliphatic rings. The molecule has 2 aromatic rings. The van der Waals surface area contributed by atoms with Crippen LogP contribution in [0.3, 0.4) is 0 Å². The first-order valence-electron chi connectivity index (χ1n) is 7.85. The first-order valence-corrected chi connectivity index (χ1v) is 7.85. The van der Waals surface area contributed by atoms with Gasteiger partial charge in [-0.15, -0.1) is 0 Å². The smallest absolute Gasteiger partial charge is 0.0237 e. The molecule has 1 unspecified atom stereocenters. The predicted octanol–water partition coefficient (Wildman–Crippen LogP) is 3.39. The molecule has 110 valence electrons. The molecule has 0 spiro atoms. The van der Waals surface area contributed by atoms with E-state index in [2.05, 4.69) is 77.4 Å². The van der Waals surface area contributed by atoms with Gasteiger partial charge in [-0.2, -0.15) is 0 Å². The van der Waals surface area contributed by atoms with Crippen LogP contribution in [-0.2, 0) is 13.1 Å². The van der Waals surface area contributed by atoms with E-state index in [4.69, 9.17) is 0 Å². The molecule has 2 aromatic carbocycles. The predicted molar refractivity (Wildman–Crippen MR) is 88.0 cm³/mol. The molecule has 2 heteroatoms. The second-order valence-electron chi connectivity index (χ2n) is 6.03. The zero-order valence-corrected chi connectivity index (χ0v) is 12.8. The Morgan fingerprint density at radius 2 is 1.38 bits per heavy atom. The Balaban J connectivity index is 1.54. The number of hydrogen-bond acceptors (Lipinski definition) is 2. The summed E-state index contributed by atoms with van der Waals surface area (Å²) >= 11 is 0. The maximum Gasteiger partial charge on any atom is 0.0237 e. The quantitative estimate of drug-likeness (QED) is 0.847. The third kappa shape index (κ3) is 3.93. The van der Waals surface area contributed by atoms with Crippen LogP contribution in [0.25, 0.3) is 0 Å². The van der Waals surface area contributed by atoms with Crippen LogP contribution in [0.5, 0.6) is 0 Å². The lowest BCUT2D eigenvalue weighted by Crippen LogP contribution is -2.50. The second-order valence-corrected chi connectivity index (χ2v) is 6.03. The van der Waals surface area contributed by atoms with Crippen molar-refractivity contribution < 1.29 is 0 Å². The zero-order valence-electron chi connectivity index (χ0n) is 12.8. The van der Waals surface area contributed by atoms with E-state index >= 15 is 0 Å². The maximum absolute atomic E-state index is 2.59. The number of rotatable bonds is 4. The van der Waals surface area contributed by atoms with Crippen molar-refractivity contribution in [3.05, 3.63) is 71.8 Å². The molecule has 0 radical (unpaired) electrons. The molecule has 1 aliphatic heterocycles. The summed E-state index contributed by atoms with van der Waals surface area (Å²) in [4.78, 5) is 5.16. The van der Waals surface area contributed by atoms with Gasteiger partial charge in [-0.3, -0.25) is 9.80 Å². The summed E-state index contributed by atoms with van der Waals surface area (Å²) in [6.07, 6.45) is 0. The Labute approximate surface area is 128 Å². The summed E-state index contributed by atoms with van der Waals surface area (Å²) in [5.41, 5.74) is 2.84. The number of benzene rings is 2. The highest BCUT2D eigenvalue weighted by Gasteiger charge is 2.23. The van der Waals surface area contributed by atoms with Gasteiger partial charge in [0.25, 0.3) is 0 Å². The highest BCUT2D eigenvalue weighted by molar-refractivity contribution is 5.16. The first-order chi connectivity index (χ1) is 10.3. The number of hydrogen-bond donors (Lipinski definition) is 0. The molecule has 0 aliphatic carbocycles. The van der Waals surface area contributed by atoms with Crippen LogP contribution in [0.4, 0.5) is 0 Å². The Kier molecular flexibility index (Phi) is 4.69. The molecule has 0 aromatic heterocycles. The Bertz CT molecular complexity index is 538. The molecule has 1 saturated heterocycles. The van der Waals surface area contributed by atoms with E-state index in [1.807, 2.05) is 0 Å². The van der Waals surface area contributed by atoms with Crippen LogP contribution in [0, 0.1) is 0 Å². The van der Waals surface area contributed by atoms with E-state index < -0.39 is 0 Å². The minimum absolute atomic E-state index is 0.614. The minimum Gasteiger partial charge on any atom is -0.296 e. The molecular weight excluding hydrogens is 256 g/mol. The highest BCUT2D eigenvalue weighted by Crippen LogP contribution is 2.15. The molecule has 0 amide bonds. The van der Waals surface area contributed by atoms with Crippen LogP contribution < -0.4 is 0 Å². The fourth-order valence-corrected chi connectivity index (χ4v) is 3.11. The van der Waals surface area contributed by atoms with E-state index in [1.54, 1.807) is 0 Å². The van der Waals surface area contributed by atoms with Gasteiger partial charge in [0, 0.05) is 38.8 Å². The third-order valence-electron chi connectivity index (χ3n) is 4.33. The van der Waals surface area contributed by atoms with Crippen molar-refractivity contribution in [2.75, 3.05) is 19.6 Å². The molecule has 0 saturated carbocycles. The van der Waals surface area contributed by atoms with Gasteiger partial charge in [0.1, 0.15) is 0 Å². The largest absolute Gasteiger partial charge is 0.296 e. The summed E-state index contributed by atoms with van der Waals surface area (Å²) in [5, 5.41) is 0. The summed E-state index contributed by atoms with van der Waals surface area (Å²) in [5.74, 6) is 0. The summed E-state index contributed by atoms with van der Waals surface area (Å²) < 4.78 is 0. The normalized spacial score (nSPS) is 20.5. The molecular formula is C19H24N2. The van der Waals surface area contributed by atoms with E-state index in [0.29, 0.717) is 6.04 Å². The van der Waals surface area contributed by atoms with E-state index in [9.17, 15) is 0 Å². The molecule has 0 bridgehead atoms. The van der Waals surface area contributed by atoms with Crippen molar-refractivity contribution in [2.45, 2.75) is 26.1 Å². The zero-order chi connectivity index (χ0) is 14.5. The molecule has 3 rings (SSSR count). The summed E-state index contributed by atoms with van der Waals surface area (Å²) in [6, 6.07) is 22.2. The average molecular weight is 280 g/mol. The Hall–Kier alpha value is -1.64. The third-order valence-corrected chi connectivity index (χ3v) is 4.33. The first kappa shape index (κ1) is 14.3. The number of nitrogens with zero attached hydrogens (tertiary/aromatic N) is 2. The highest BCUT2D eigenvalue weighted by atomic mass is 15.3. The van der Waals surface area contributed by atoms with Crippen LogP contribution >= 0.6 is 0 Å². The lowest BCUT2D eigenvalue weighted by Gasteiger charge is -2.40. The fraction of sp³-hybridized carbons (Fsp3) is 0.368. The van der Waals surface area contributed by atoms with Crippen LogP contribution in [0.2, 0.25) is 0 Å². The summed E-state index contributed by atoms with van der Waals surface area (Å²) in [7, 11) is 0. The lowest BCUT2D eigenvalue weighted by molar-refractivity contribution is 0.0733. The molecule has 1 atom stereocenters. The second kappa shape index (κ2) is 6.88. The Morgan fingerprint density at radius 1 is 0.810 bits per heavy atom. The van der Waals surface area contributed by atoms with Gasteiger partial charge < -0.3 is 0 Å². The van der Waals surface area contributed by atoms with E-state index in [0.717, 1.165) is 32.7 Å². The van der Waals surface area contributed by atoms with Gasteiger partial charge in [-0.1, -0.05) is 60.7 Å². The van der Waals surface area contributed by atoms with Crippen molar-refractivity contribution >= 4 is 0 Å². The van der Waals surface area contributed by atoms with Crippen molar-refractivity contribution in [3.63, 3.8) is 0 Å². The standard InChI is InChI=1S/C19H24N2/c1-17-14-20(15-18-8-4-2-5-9-18)12-13-21(17)16-19-10-6-3-7-11-19/h2-11,17H,12-16H2,1H3. The lowest BCUT2D eigenvalue weighted by atomic mass is 10.1. The summed E-state index contributed by atoms with van der Waals surface area (Å²) in [6.45, 7) is 7.96. The van der Waals surface area contributed by atoms with Gasteiger partial charge in [0.2, 0.25) is 0 Å². The number of piperazine rings is 1. The molecule has 1 heterocycles. The fourth-order valence-electron chi connectivity index (χ4n) is 3.11. The van der Waals surface area contributed by atoms with Crippen molar-refractivity contribution in [2.24, 2.45) is 0 Å². The Morgan fingerprint density at radius 3 is 1.95 bits per heavy atom. The van der Waals surface area contributed by atoms with Crippen molar-refractivity contribution in [1.29, 1.82) is 0 Å². The van der Waals surface area contributed by atoms with E-state index in [1.165, 1.54) is 11.1 Å². The van der Waals surface area contributed by atoms with E-state index in [-0.39, 0.29) is 0 Å². The van der Waals surface area contributed by atoms with Gasteiger partial charge in [0.05, 0.1) is 0 Å². The van der Waals surface area contributed by atoms with Crippen molar-refractivity contribution in [1.82, 2.24) is 9.80 Å². The van der Waals surface area contributed by atoms with Gasteiger partial charge >= 0.3 is 0 Å². The van der Waals surface area contributed by atoms with Crippen LogP contribution in [0.15, 0.2) is 60.7 Å². The van der Waals surface area contributed by atoms with Crippen LogP contribution in [-0.4, -0.2) is 35.5 Å². The van der Waals surface area contributed by atoms with Gasteiger partial charge in [0.15, 0.2) is 0 Å². The van der Waals surface area contributed by atoms with Gasteiger partial charge in [-0.05, 0) is 18.1 Å².